The summed E-state index contributed by atoms with van der Waals surface area (Å²) in [4.78, 5) is 33.1. The molecule has 2 heterocycles. The summed E-state index contributed by atoms with van der Waals surface area (Å²) in [6.45, 7) is 1.96. The maximum atomic E-state index is 14.8. The number of hydrogen-bond acceptors (Lipinski definition) is 5. The van der Waals surface area contributed by atoms with Crippen molar-refractivity contribution in [1.82, 2.24) is 10.3 Å². The van der Waals surface area contributed by atoms with Crippen LogP contribution in [0.5, 0.6) is 0 Å². The number of carbonyl (C=O) groups is 2. The molecule has 0 spiro atoms. The molecule has 4 atom stereocenters. The summed E-state index contributed by atoms with van der Waals surface area (Å²) < 4.78 is 93.2. The number of fused-ring (bicyclic) bond motifs is 1. The van der Waals surface area contributed by atoms with Crippen molar-refractivity contribution >= 4 is 22.5 Å². The maximum absolute atomic E-state index is 14.8. The number of benzene rings is 4. The second-order valence-electron chi connectivity index (χ2n) is 12.2. The van der Waals surface area contributed by atoms with Gasteiger partial charge in [0.2, 0.25) is 0 Å². The Balaban J connectivity index is 1.47. The first-order valence-electron chi connectivity index (χ1n) is 15.6. The monoisotopic (exact) mass is 676 g/mol. The van der Waals surface area contributed by atoms with Gasteiger partial charge in [0.1, 0.15) is 0 Å². The quantitative estimate of drug-likeness (QED) is 0.0982. The number of ether oxygens (including phenoxy) is 1. The number of para-hydroxylation sites is 1. The van der Waals surface area contributed by atoms with Crippen LogP contribution in [0.4, 0.5) is 26.3 Å². The number of nitrogens with zero attached hydrogens (tertiary/aromatic N) is 1. The van der Waals surface area contributed by atoms with E-state index in [-0.39, 0.29) is 19.6 Å². The molecule has 5 aromatic rings. The molecule has 2 unspecified atom stereocenters. The number of nitrogens with one attached hydrogen (secondary N) is 1. The van der Waals surface area contributed by atoms with Crippen molar-refractivity contribution < 1.29 is 40.7 Å². The molecule has 11 heteroatoms. The van der Waals surface area contributed by atoms with Crippen molar-refractivity contribution in [2.24, 2.45) is 11.8 Å². The fourth-order valence-corrected chi connectivity index (χ4v) is 6.51. The number of hydrogen-bond donors (Lipinski definition) is 1. The Hall–Kier alpha value is -4.87. The second kappa shape index (κ2) is 13.9. The van der Waals surface area contributed by atoms with E-state index < -0.39 is 92.7 Å². The number of aromatic nitrogens is 1. The molecule has 1 aliphatic rings. The average molecular weight is 677 g/mol. The number of ketones is 2. The van der Waals surface area contributed by atoms with Crippen LogP contribution in [0.15, 0.2) is 79.0 Å². The first kappa shape index (κ1) is 34.0. The number of pyridine rings is 1. The molecular weight excluding hydrogens is 646 g/mol. The highest BCUT2D eigenvalue weighted by molar-refractivity contribution is 6.03. The molecule has 1 saturated heterocycles. The second-order valence-corrected chi connectivity index (χ2v) is 12.2. The fraction of sp³-hybridized carbons (Fsp3) is 0.237. The third-order valence-corrected chi connectivity index (χ3v) is 9.16. The molecule has 6 rings (SSSR count). The van der Waals surface area contributed by atoms with Gasteiger partial charge in [-0.25, -0.2) is 26.3 Å². The van der Waals surface area contributed by atoms with Crippen molar-refractivity contribution in [3.63, 3.8) is 0 Å². The first-order chi connectivity index (χ1) is 23.5. The van der Waals surface area contributed by atoms with Gasteiger partial charge in [-0.1, -0.05) is 48.5 Å². The molecule has 0 amide bonds. The van der Waals surface area contributed by atoms with Gasteiger partial charge in [-0.3, -0.25) is 14.6 Å². The van der Waals surface area contributed by atoms with Crippen LogP contribution in [0.25, 0.3) is 10.9 Å². The number of halogens is 6. The van der Waals surface area contributed by atoms with E-state index in [0.29, 0.717) is 23.2 Å². The van der Waals surface area contributed by atoms with Gasteiger partial charge in [0.25, 0.3) is 0 Å². The molecule has 1 N–H and O–H groups in total. The summed E-state index contributed by atoms with van der Waals surface area (Å²) in [5.41, 5.74) is 0.285. The molecule has 0 saturated carbocycles. The molecule has 49 heavy (non-hydrogen) atoms. The average Bonchev–Trinajstić information content (AvgIpc) is 3.11. The van der Waals surface area contributed by atoms with E-state index in [4.69, 9.17) is 4.74 Å². The largest absolute Gasteiger partial charge is 0.372 e. The van der Waals surface area contributed by atoms with Gasteiger partial charge < -0.3 is 10.1 Å². The smallest absolute Gasteiger partial charge is 0.194 e. The zero-order valence-corrected chi connectivity index (χ0v) is 26.4. The predicted octanol–water partition coefficient (Wildman–Crippen LogP) is 7.78. The standard InChI is InChI=1S/C38H30F6N2O3/c1-19-24(14-27(39)34(43)32(19)41)36(47)26-17-46-30(13-21-8-4-3-5-9-21)31(37(48)25-15-28(40)35(44)33(42)20(25)2)38(26)49-18-22-12-23-10-6-7-11-29(23)45-16-22/h3-12,14-16,26,30-31,38,46H,13,17-18H2,1-2H3/t26?,30-,31?,38+/m1/s1. The molecule has 0 aliphatic carbocycles. The topological polar surface area (TPSA) is 68.3 Å². The zero-order chi connectivity index (χ0) is 35.0. The zero-order valence-electron chi connectivity index (χ0n) is 26.4. The Morgan fingerprint density at radius 2 is 1.35 bits per heavy atom. The Labute approximate surface area is 277 Å². The van der Waals surface area contributed by atoms with E-state index in [1.807, 2.05) is 42.5 Å². The summed E-state index contributed by atoms with van der Waals surface area (Å²) >= 11 is 0. The van der Waals surface area contributed by atoms with Crippen molar-refractivity contribution in [1.29, 1.82) is 0 Å². The minimum atomic E-state index is -1.74. The summed E-state index contributed by atoms with van der Waals surface area (Å²) in [6.07, 6.45) is 0.426. The number of piperidine rings is 1. The lowest BCUT2D eigenvalue weighted by atomic mass is 9.72. The van der Waals surface area contributed by atoms with E-state index in [1.165, 1.54) is 0 Å². The molecule has 5 nitrogen and oxygen atoms in total. The SMILES string of the molecule is Cc1c(C(=O)C2CN[C@H](Cc3ccccc3)C(C(=O)c3cc(F)c(F)c(F)c3C)[C@H]2OCc2cnc3ccccc3c2)cc(F)c(F)c1F. The van der Waals surface area contributed by atoms with E-state index in [9.17, 15) is 35.9 Å². The van der Waals surface area contributed by atoms with E-state index >= 15 is 0 Å². The van der Waals surface area contributed by atoms with Crippen molar-refractivity contribution in [3.05, 3.63) is 147 Å². The van der Waals surface area contributed by atoms with Crippen molar-refractivity contribution in [3.8, 4) is 0 Å². The maximum Gasteiger partial charge on any atom is 0.194 e. The molecule has 4 aromatic carbocycles. The highest BCUT2D eigenvalue weighted by Gasteiger charge is 2.48. The molecule has 1 aromatic heterocycles. The first-order valence-corrected chi connectivity index (χ1v) is 15.6. The van der Waals surface area contributed by atoms with Crippen LogP contribution < -0.4 is 5.32 Å². The van der Waals surface area contributed by atoms with E-state index in [0.717, 1.165) is 24.8 Å². The molecule has 1 fully saturated rings. The van der Waals surface area contributed by atoms with Gasteiger partial charge >= 0.3 is 0 Å². The van der Waals surface area contributed by atoms with Crippen molar-refractivity contribution in [2.75, 3.05) is 6.54 Å². The third-order valence-electron chi connectivity index (χ3n) is 9.16. The van der Waals surface area contributed by atoms with Crippen LogP contribution in [0.1, 0.15) is 43.0 Å². The third kappa shape index (κ3) is 6.60. The van der Waals surface area contributed by atoms with Crippen LogP contribution in [0, 0.1) is 60.6 Å². The van der Waals surface area contributed by atoms with Crippen LogP contribution in [0.3, 0.4) is 0 Å². The van der Waals surface area contributed by atoms with Crippen molar-refractivity contribution in [2.45, 2.75) is 39.0 Å². The Morgan fingerprint density at radius 3 is 2.00 bits per heavy atom. The summed E-state index contributed by atoms with van der Waals surface area (Å²) in [5, 5.41) is 3.97. The van der Waals surface area contributed by atoms with Crippen LogP contribution in [-0.4, -0.2) is 35.2 Å². The Kier molecular flexibility index (Phi) is 9.67. The number of carbonyl (C=O) groups excluding carboxylic acids is 2. The predicted molar refractivity (Wildman–Crippen MR) is 170 cm³/mol. The normalized spacial score (nSPS) is 19.3. The van der Waals surface area contributed by atoms with Gasteiger partial charge in [-0.2, -0.15) is 0 Å². The number of Topliss-reactive ketones (excluding diaryl/α,β-unsaturated/α-hetero) is 2. The highest BCUT2D eigenvalue weighted by atomic mass is 19.2. The minimum absolute atomic E-state index is 0.133. The van der Waals surface area contributed by atoms with Crippen LogP contribution in [-0.2, 0) is 17.8 Å². The fourth-order valence-electron chi connectivity index (χ4n) is 6.51. The van der Waals surface area contributed by atoms with E-state index in [2.05, 4.69) is 10.3 Å². The lowest BCUT2D eigenvalue weighted by molar-refractivity contribution is -0.0468. The van der Waals surface area contributed by atoms with E-state index in [1.54, 1.807) is 24.4 Å². The van der Waals surface area contributed by atoms with Gasteiger partial charge in [0.05, 0.1) is 30.1 Å². The Morgan fingerprint density at radius 1 is 0.755 bits per heavy atom. The van der Waals surface area contributed by atoms with Gasteiger partial charge in [0, 0.05) is 35.3 Å². The minimum Gasteiger partial charge on any atom is -0.372 e. The lowest BCUT2D eigenvalue weighted by Gasteiger charge is -2.42. The van der Waals surface area contributed by atoms with Gasteiger partial charge in [0.15, 0.2) is 46.5 Å². The molecular formula is C38H30F6N2O3. The van der Waals surface area contributed by atoms with Crippen LogP contribution in [0.2, 0.25) is 0 Å². The van der Waals surface area contributed by atoms with Gasteiger partial charge in [-0.05, 0) is 66.8 Å². The Bertz CT molecular complexity index is 2070. The highest BCUT2D eigenvalue weighted by Crippen LogP contribution is 2.35. The summed E-state index contributed by atoms with van der Waals surface area (Å²) in [7, 11) is 0. The van der Waals surface area contributed by atoms with Gasteiger partial charge in [-0.15, -0.1) is 0 Å². The number of rotatable bonds is 9. The molecule has 0 radical (unpaired) electrons. The molecule has 252 valence electrons. The molecule has 0 bridgehead atoms. The summed E-state index contributed by atoms with van der Waals surface area (Å²) in [5.74, 6) is -14.0. The lowest BCUT2D eigenvalue weighted by Crippen LogP contribution is -2.60. The summed E-state index contributed by atoms with van der Waals surface area (Å²) in [6, 6.07) is 18.5. The van der Waals surface area contributed by atoms with Crippen LogP contribution >= 0.6 is 0 Å². The molecule has 1 aliphatic heterocycles.